The van der Waals surface area contributed by atoms with Crippen LogP contribution in [0.25, 0.3) is 0 Å². The van der Waals surface area contributed by atoms with E-state index in [0.717, 1.165) is 0 Å². The van der Waals surface area contributed by atoms with Gasteiger partial charge in [-0.05, 0) is 11.3 Å². The molecule has 0 unspecified atom stereocenters. The van der Waals surface area contributed by atoms with Crippen LogP contribution in [0.3, 0.4) is 0 Å². The van der Waals surface area contributed by atoms with E-state index in [0.29, 0.717) is 6.33 Å². The zero-order chi connectivity index (χ0) is 8.65. The number of allylic oxidation sites excluding steroid dienone is 1. The molecule has 2 nitrogen and oxygen atoms in total. The van der Waals surface area contributed by atoms with E-state index in [1.807, 2.05) is 13.8 Å². The molecule has 3 heteroatoms. The maximum Gasteiger partial charge on any atom is 0.307 e. The molecule has 62 valence electrons. The van der Waals surface area contributed by atoms with E-state index in [-0.39, 0.29) is 11.3 Å². The van der Waals surface area contributed by atoms with E-state index in [1.54, 1.807) is 0 Å². The highest BCUT2D eigenvalue weighted by molar-refractivity contribution is 5.76. The number of hydrogen-bond acceptors (Lipinski definition) is 1. The summed E-state index contributed by atoms with van der Waals surface area (Å²) in [6, 6.07) is 0. The third-order valence-electron chi connectivity index (χ3n) is 2.46. The first-order valence-corrected chi connectivity index (χ1v) is 3.51. The first-order valence-electron chi connectivity index (χ1n) is 3.51. The van der Waals surface area contributed by atoms with E-state index in [2.05, 4.69) is 0 Å². The van der Waals surface area contributed by atoms with Crippen molar-refractivity contribution in [3.63, 3.8) is 0 Å². The van der Waals surface area contributed by atoms with Gasteiger partial charge in [0.15, 0.2) is 0 Å². The molecular formula is C8H11FO2. The van der Waals surface area contributed by atoms with Crippen molar-refractivity contribution >= 4 is 5.97 Å². The average molecular weight is 158 g/mol. The van der Waals surface area contributed by atoms with Crippen molar-refractivity contribution in [1.29, 1.82) is 0 Å². The fraction of sp³-hybridized carbons (Fsp3) is 0.625. The summed E-state index contributed by atoms with van der Waals surface area (Å²) < 4.78 is 11.7. The van der Waals surface area contributed by atoms with Crippen LogP contribution < -0.4 is 0 Å². The summed E-state index contributed by atoms with van der Waals surface area (Å²) in [4.78, 5) is 10.5. The van der Waals surface area contributed by atoms with E-state index < -0.39 is 11.9 Å². The van der Waals surface area contributed by atoms with Gasteiger partial charge < -0.3 is 5.11 Å². The number of carboxylic acids is 1. The third kappa shape index (κ3) is 1.15. The summed E-state index contributed by atoms with van der Waals surface area (Å²) in [5.41, 5.74) is -0.269. The van der Waals surface area contributed by atoms with Crippen LogP contribution in [0.4, 0.5) is 4.39 Å². The van der Waals surface area contributed by atoms with E-state index in [9.17, 15) is 9.18 Å². The summed E-state index contributed by atoms with van der Waals surface area (Å²) in [7, 11) is 0. The second kappa shape index (κ2) is 2.32. The lowest BCUT2D eigenvalue weighted by molar-refractivity contribution is -0.139. The van der Waals surface area contributed by atoms with Crippen LogP contribution in [-0.2, 0) is 4.79 Å². The van der Waals surface area contributed by atoms with Crippen molar-refractivity contribution in [1.82, 2.24) is 0 Å². The zero-order valence-corrected chi connectivity index (χ0v) is 6.54. The van der Waals surface area contributed by atoms with Crippen LogP contribution in [-0.4, -0.2) is 11.1 Å². The minimum Gasteiger partial charge on any atom is -0.481 e. The molecule has 0 aromatic rings. The Labute approximate surface area is 64.7 Å². The van der Waals surface area contributed by atoms with Gasteiger partial charge in [-0.15, -0.1) is 0 Å². The van der Waals surface area contributed by atoms with Gasteiger partial charge in [-0.2, -0.15) is 0 Å². The zero-order valence-electron chi connectivity index (χ0n) is 6.54. The smallest absolute Gasteiger partial charge is 0.307 e. The molecule has 1 fully saturated rings. The number of carbonyl (C=O) groups is 1. The first-order chi connectivity index (χ1) is 5.01. The van der Waals surface area contributed by atoms with Gasteiger partial charge in [-0.25, -0.2) is 4.39 Å². The maximum absolute atomic E-state index is 11.7. The highest BCUT2D eigenvalue weighted by Gasteiger charge is 2.60. The normalized spacial score (nSPS) is 34.1. The van der Waals surface area contributed by atoms with E-state index >= 15 is 0 Å². The number of hydrogen-bond donors (Lipinski definition) is 1. The second-order valence-corrected chi connectivity index (χ2v) is 3.48. The minimum absolute atomic E-state index is 0.134. The van der Waals surface area contributed by atoms with Crippen molar-refractivity contribution in [2.24, 2.45) is 17.3 Å². The number of rotatable bonds is 2. The molecule has 0 radical (unpaired) electrons. The molecule has 1 rings (SSSR count). The quantitative estimate of drug-likeness (QED) is 0.665. The number of carboxylic acid groups (broad SMARTS) is 1. The van der Waals surface area contributed by atoms with E-state index in [4.69, 9.17) is 5.11 Å². The topological polar surface area (TPSA) is 37.3 Å². The largest absolute Gasteiger partial charge is 0.481 e. The Bertz CT molecular complexity index is 208. The van der Waals surface area contributed by atoms with Gasteiger partial charge in [0.25, 0.3) is 0 Å². The lowest BCUT2D eigenvalue weighted by Crippen LogP contribution is -2.02. The monoisotopic (exact) mass is 158 g/mol. The van der Waals surface area contributed by atoms with Crippen LogP contribution in [0, 0.1) is 17.3 Å². The predicted molar refractivity (Wildman–Crippen MR) is 38.6 cm³/mol. The van der Waals surface area contributed by atoms with Crippen molar-refractivity contribution in [2.45, 2.75) is 13.8 Å². The van der Waals surface area contributed by atoms with Gasteiger partial charge >= 0.3 is 5.97 Å². The standard InChI is InChI=1S/C8H11FO2/c1-8(2)5(3-4-9)6(8)7(10)11/h3-6H,1-2H3,(H,10,11)/b4-3+/t5-,6+/m0/s1. The molecule has 0 aromatic carbocycles. The summed E-state index contributed by atoms with van der Waals surface area (Å²) >= 11 is 0. The fourth-order valence-electron chi connectivity index (χ4n) is 1.59. The van der Waals surface area contributed by atoms with Gasteiger partial charge in [-0.1, -0.05) is 19.9 Å². The van der Waals surface area contributed by atoms with Crippen molar-refractivity contribution in [2.75, 3.05) is 0 Å². The Hall–Kier alpha value is -0.860. The van der Waals surface area contributed by atoms with Crippen LogP contribution in [0.2, 0.25) is 0 Å². The van der Waals surface area contributed by atoms with Gasteiger partial charge in [0.05, 0.1) is 12.2 Å². The Balaban J connectivity index is 2.68. The van der Waals surface area contributed by atoms with Gasteiger partial charge in [0.1, 0.15) is 0 Å². The predicted octanol–water partition coefficient (Wildman–Crippen LogP) is 1.83. The molecule has 0 heterocycles. The van der Waals surface area contributed by atoms with Gasteiger partial charge in [0.2, 0.25) is 0 Å². The Morgan fingerprint density at radius 1 is 1.64 bits per heavy atom. The van der Waals surface area contributed by atoms with Crippen LogP contribution in [0.15, 0.2) is 12.4 Å². The second-order valence-electron chi connectivity index (χ2n) is 3.48. The fourth-order valence-corrected chi connectivity index (χ4v) is 1.59. The van der Waals surface area contributed by atoms with Crippen LogP contribution in [0.1, 0.15) is 13.8 Å². The molecule has 0 bridgehead atoms. The minimum atomic E-state index is -0.835. The molecule has 0 saturated heterocycles. The molecule has 1 N–H and O–H groups in total. The van der Waals surface area contributed by atoms with Crippen molar-refractivity contribution in [3.05, 3.63) is 12.4 Å². The molecule has 1 aliphatic rings. The number of aliphatic carboxylic acids is 1. The molecule has 1 saturated carbocycles. The van der Waals surface area contributed by atoms with Crippen LogP contribution >= 0.6 is 0 Å². The highest BCUT2D eigenvalue weighted by atomic mass is 19.1. The lowest BCUT2D eigenvalue weighted by Gasteiger charge is -1.95. The summed E-state index contributed by atoms with van der Waals surface area (Å²) in [5.74, 6) is -1.38. The molecule has 2 atom stereocenters. The molecule has 1 aliphatic carbocycles. The van der Waals surface area contributed by atoms with Crippen molar-refractivity contribution in [3.8, 4) is 0 Å². The van der Waals surface area contributed by atoms with Gasteiger partial charge in [-0.3, -0.25) is 4.79 Å². The highest BCUT2D eigenvalue weighted by Crippen LogP contribution is 2.58. The lowest BCUT2D eigenvalue weighted by atomic mass is 10.1. The van der Waals surface area contributed by atoms with Gasteiger partial charge in [0, 0.05) is 0 Å². The molecule has 0 aliphatic heterocycles. The van der Waals surface area contributed by atoms with E-state index in [1.165, 1.54) is 6.08 Å². The molecule has 0 spiro atoms. The number of halogens is 1. The Morgan fingerprint density at radius 2 is 2.18 bits per heavy atom. The maximum atomic E-state index is 11.7. The van der Waals surface area contributed by atoms with Crippen molar-refractivity contribution < 1.29 is 14.3 Å². The third-order valence-corrected chi connectivity index (χ3v) is 2.46. The summed E-state index contributed by atoms with van der Waals surface area (Å²) in [6.07, 6.45) is 1.74. The summed E-state index contributed by atoms with van der Waals surface area (Å²) in [5, 5.41) is 8.63. The molecule has 0 aromatic heterocycles. The Morgan fingerprint density at radius 3 is 2.45 bits per heavy atom. The average Bonchev–Trinajstić information content (AvgIpc) is 2.35. The Kier molecular flexibility index (Phi) is 1.74. The van der Waals surface area contributed by atoms with Crippen LogP contribution in [0.5, 0.6) is 0 Å². The summed E-state index contributed by atoms with van der Waals surface area (Å²) in [6.45, 7) is 3.66. The first kappa shape index (κ1) is 8.24. The molecule has 0 amide bonds. The molecule has 11 heavy (non-hydrogen) atoms. The SMILES string of the molecule is CC1(C)[C@@H](/C=C/F)[C@@H]1C(=O)O. The molecular weight excluding hydrogens is 147 g/mol.